The molecule has 110 valence electrons. The molecule has 0 aliphatic carbocycles. The summed E-state index contributed by atoms with van der Waals surface area (Å²) in [6.07, 6.45) is 0.591. The van der Waals surface area contributed by atoms with Crippen LogP contribution in [0, 0.1) is 19.7 Å². The van der Waals surface area contributed by atoms with Gasteiger partial charge in [-0.25, -0.2) is 9.07 Å². The number of carbonyl (C=O) groups is 1. The molecule has 2 aromatic carbocycles. The Morgan fingerprint density at radius 3 is 2.41 bits per heavy atom. The highest BCUT2D eigenvalue weighted by Gasteiger charge is 2.18. The van der Waals surface area contributed by atoms with Gasteiger partial charge in [0.1, 0.15) is 11.5 Å². The molecule has 3 rings (SSSR count). The van der Waals surface area contributed by atoms with E-state index in [2.05, 4.69) is 10.3 Å². The van der Waals surface area contributed by atoms with E-state index in [0.717, 1.165) is 16.8 Å². The van der Waals surface area contributed by atoms with E-state index in [1.54, 1.807) is 18.2 Å². The molecule has 0 radical (unpaired) electrons. The van der Waals surface area contributed by atoms with Gasteiger partial charge < -0.3 is 0 Å². The van der Waals surface area contributed by atoms with Crippen molar-refractivity contribution in [3.8, 4) is 16.9 Å². The molecule has 5 heteroatoms. The van der Waals surface area contributed by atoms with Crippen molar-refractivity contribution in [1.82, 2.24) is 15.0 Å². The minimum atomic E-state index is -0.418. The first-order chi connectivity index (χ1) is 10.6. The monoisotopic (exact) mass is 295 g/mol. The van der Waals surface area contributed by atoms with Gasteiger partial charge in [0.05, 0.1) is 5.69 Å². The quantitative estimate of drug-likeness (QED) is 0.695. The van der Waals surface area contributed by atoms with E-state index in [9.17, 15) is 9.18 Å². The molecule has 22 heavy (non-hydrogen) atoms. The van der Waals surface area contributed by atoms with Gasteiger partial charge in [0.15, 0.2) is 12.0 Å². The molecule has 0 saturated heterocycles. The Balaban J connectivity index is 2.28. The van der Waals surface area contributed by atoms with Gasteiger partial charge in [-0.15, -0.1) is 5.10 Å². The summed E-state index contributed by atoms with van der Waals surface area (Å²) in [5, 5.41) is 7.89. The fourth-order valence-electron chi connectivity index (χ4n) is 2.53. The second-order valence-corrected chi connectivity index (χ2v) is 5.18. The van der Waals surface area contributed by atoms with Crippen LogP contribution in [0.15, 0.2) is 42.5 Å². The van der Waals surface area contributed by atoms with Crippen LogP contribution >= 0.6 is 0 Å². The zero-order valence-electron chi connectivity index (χ0n) is 12.2. The second-order valence-electron chi connectivity index (χ2n) is 5.18. The summed E-state index contributed by atoms with van der Waals surface area (Å²) in [6.45, 7) is 3.94. The maximum Gasteiger partial charge on any atom is 0.172 e. The van der Waals surface area contributed by atoms with Crippen LogP contribution in [-0.4, -0.2) is 21.3 Å². The van der Waals surface area contributed by atoms with Crippen molar-refractivity contribution >= 4 is 6.29 Å². The Hall–Kier alpha value is -2.82. The predicted molar refractivity (Wildman–Crippen MR) is 81.6 cm³/mol. The molecular weight excluding hydrogens is 281 g/mol. The summed E-state index contributed by atoms with van der Waals surface area (Å²) in [5.41, 5.74) is 3.63. The van der Waals surface area contributed by atoms with E-state index in [4.69, 9.17) is 0 Å². The molecule has 1 aromatic heterocycles. The molecule has 0 fully saturated rings. The van der Waals surface area contributed by atoms with Crippen LogP contribution in [0.25, 0.3) is 16.9 Å². The molecule has 3 aromatic rings. The summed E-state index contributed by atoms with van der Waals surface area (Å²) < 4.78 is 15.6. The van der Waals surface area contributed by atoms with E-state index < -0.39 is 5.82 Å². The Bertz CT molecular complexity index is 835. The first-order valence-electron chi connectivity index (χ1n) is 6.84. The lowest BCUT2D eigenvalue weighted by Crippen LogP contribution is -2.02. The first kappa shape index (κ1) is 14.1. The van der Waals surface area contributed by atoms with Crippen LogP contribution < -0.4 is 0 Å². The number of aryl methyl sites for hydroxylation is 2. The fraction of sp³-hybridized carbons (Fsp3) is 0.118. The molecule has 0 bridgehead atoms. The van der Waals surface area contributed by atoms with Crippen molar-refractivity contribution in [3.63, 3.8) is 0 Å². The molecule has 0 N–H and O–H groups in total. The van der Waals surface area contributed by atoms with Crippen molar-refractivity contribution < 1.29 is 9.18 Å². The van der Waals surface area contributed by atoms with Gasteiger partial charge in [-0.1, -0.05) is 23.4 Å². The molecule has 0 saturated carbocycles. The normalized spacial score (nSPS) is 10.7. The number of aromatic nitrogens is 3. The van der Waals surface area contributed by atoms with E-state index in [-0.39, 0.29) is 5.69 Å². The van der Waals surface area contributed by atoms with Gasteiger partial charge in [-0.3, -0.25) is 4.79 Å². The number of aldehydes is 1. The van der Waals surface area contributed by atoms with Crippen LogP contribution in [0.2, 0.25) is 0 Å². The average molecular weight is 295 g/mol. The Morgan fingerprint density at radius 2 is 1.77 bits per heavy atom. The largest absolute Gasteiger partial charge is 0.296 e. The van der Waals surface area contributed by atoms with E-state index in [1.807, 2.05) is 32.0 Å². The summed E-state index contributed by atoms with van der Waals surface area (Å²) in [6, 6.07) is 12.1. The molecule has 0 amide bonds. The maximum absolute atomic E-state index is 14.1. The van der Waals surface area contributed by atoms with Crippen molar-refractivity contribution in [2.45, 2.75) is 13.8 Å². The van der Waals surface area contributed by atoms with Crippen LogP contribution in [0.3, 0.4) is 0 Å². The fourth-order valence-corrected chi connectivity index (χ4v) is 2.53. The molecular formula is C17H14FN3O. The number of hydrogen-bond acceptors (Lipinski definition) is 3. The number of carbonyl (C=O) groups excluding carboxylic acids is 1. The van der Waals surface area contributed by atoms with Crippen molar-refractivity contribution in [2.24, 2.45) is 0 Å². The van der Waals surface area contributed by atoms with Gasteiger partial charge >= 0.3 is 0 Å². The van der Waals surface area contributed by atoms with Gasteiger partial charge in [0.2, 0.25) is 0 Å². The lowest BCUT2D eigenvalue weighted by atomic mass is 10.1. The highest BCUT2D eigenvalue weighted by molar-refractivity contribution is 5.84. The SMILES string of the molecule is Cc1cc(C)cc(-n2nnc(C=O)c2-c2ccccc2F)c1. The Labute approximate surface area is 127 Å². The second kappa shape index (κ2) is 5.52. The van der Waals surface area contributed by atoms with E-state index in [1.165, 1.54) is 10.7 Å². The van der Waals surface area contributed by atoms with Crippen LogP contribution in [0.5, 0.6) is 0 Å². The van der Waals surface area contributed by atoms with Crippen LogP contribution in [0.1, 0.15) is 21.6 Å². The van der Waals surface area contributed by atoms with E-state index >= 15 is 0 Å². The van der Waals surface area contributed by atoms with Crippen molar-refractivity contribution in [1.29, 1.82) is 0 Å². The summed E-state index contributed by atoms with van der Waals surface area (Å²) in [4.78, 5) is 11.3. The van der Waals surface area contributed by atoms with Crippen LogP contribution in [0.4, 0.5) is 4.39 Å². The number of benzene rings is 2. The zero-order chi connectivity index (χ0) is 15.7. The molecule has 0 atom stereocenters. The highest BCUT2D eigenvalue weighted by Crippen LogP contribution is 2.27. The smallest absolute Gasteiger partial charge is 0.172 e. The zero-order valence-corrected chi connectivity index (χ0v) is 12.2. The standard InChI is InChI=1S/C17H14FN3O/c1-11-7-12(2)9-13(8-11)21-17(16(10-22)19-20-21)14-5-3-4-6-15(14)18/h3-10H,1-2H3. The molecule has 0 spiro atoms. The lowest BCUT2D eigenvalue weighted by molar-refractivity contribution is 0.111. The summed E-state index contributed by atoms with van der Waals surface area (Å²) in [5.74, 6) is -0.418. The third kappa shape index (κ3) is 2.41. The lowest BCUT2D eigenvalue weighted by Gasteiger charge is -2.09. The topological polar surface area (TPSA) is 47.8 Å². The molecule has 0 unspecified atom stereocenters. The summed E-state index contributed by atoms with van der Waals surface area (Å²) >= 11 is 0. The number of rotatable bonds is 3. The molecule has 4 nitrogen and oxygen atoms in total. The summed E-state index contributed by atoms with van der Waals surface area (Å²) in [7, 11) is 0. The highest BCUT2D eigenvalue weighted by atomic mass is 19.1. The predicted octanol–water partition coefficient (Wildman–Crippen LogP) is 3.50. The van der Waals surface area contributed by atoms with Gasteiger partial charge in [-0.2, -0.15) is 0 Å². The van der Waals surface area contributed by atoms with Gasteiger partial charge in [0, 0.05) is 5.56 Å². The van der Waals surface area contributed by atoms with Gasteiger partial charge in [-0.05, 0) is 49.2 Å². The molecule has 1 heterocycles. The Morgan fingerprint density at radius 1 is 1.09 bits per heavy atom. The first-order valence-corrected chi connectivity index (χ1v) is 6.84. The minimum absolute atomic E-state index is 0.115. The Kier molecular flexibility index (Phi) is 3.55. The van der Waals surface area contributed by atoms with E-state index in [0.29, 0.717) is 17.5 Å². The van der Waals surface area contributed by atoms with Crippen LogP contribution in [-0.2, 0) is 0 Å². The average Bonchev–Trinajstić information content (AvgIpc) is 2.90. The number of nitrogens with zero attached hydrogens (tertiary/aromatic N) is 3. The third-order valence-electron chi connectivity index (χ3n) is 3.39. The maximum atomic E-state index is 14.1. The minimum Gasteiger partial charge on any atom is -0.296 e. The van der Waals surface area contributed by atoms with Gasteiger partial charge in [0.25, 0.3) is 0 Å². The number of halogens is 1. The van der Waals surface area contributed by atoms with Crippen molar-refractivity contribution in [2.75, 3.05) is 0 Å². The van der Waals surface area contributed by atoms with Crippen molar-refractivity contribution in [3.05, 3.63) is 65.1 Å². The third-order valence-corrected chi connectivity index (χ3v) is 3.39. The number of hydrogen-bond donors (Lipinski definition) is 0. The molecule has 0 aliphatic rings. The molecule has 0 aliphatic heterocycles.